The first-order chi connectivity index (χ1) is 7.70. The van der Waals surface area contributed by atoms with E-state index < -0.39 is 0 Å². The van der Waals surface area contributed by atoms with Gasteiger partial charge in [0.2, 0.25) is 0 Å². The van der Waals surface area contributed by atoms with Crippen molar-refractivity contribution in [3.05, 3.63) is 42.2 Å². The quantitative estimate of drug-likeness (QED) is 0.736. The molecular weight excluding hydrogens is 200 g/mol. The third kappa shape index (κ3) is 2.03. The molecule has 82 valence electrons. The van der Waals surface area contributed by atoms with E-state index in [1.807, 2.05) is 41.3 Å². The Labute approximate surface area is 94.7 Å². The van der Waals surface area contributed by atoms with Crippen LogP contribution < -0.4 is 0 Å². The third-order valence-electron chi connectivity index (χ3n) is 2.58. The van der Waals surface area contributed by atoms with E-state index in [2.05, 4.69) is 12.0 Å². The second-order valence-corrected chi connectivity index (χ2v) is 3.72. The smallest absolute Gasteiger partial charge is 0.159 e. The molecule has 0 N–H and O–H groups in total. The highest BCUT2D eigenvalue weighted by atomic mass is 16.1. The molecule has 0 aliphatic rings. The number of ketones is 1. The molecule has 3 nitrogen and oxygen atoms in total. The summed E-state index contributed by atoms with van der Waals surface area (Å²) in [5.41, 5.74) is 2.91. The van der Waals surface area contributed by atoms with Gasteiger partial charge in [0.05, 0.1) is 6.20 Å². The number of nitrogens with zero attached hydrogens (tertiary/aromatic N) is 2. The van der Waals surface area contributed by atoms with Gasteiger partial charge in [-0.05, 0) is 19.4 Å². The summed E-state index contributed by atoms with van der Waals surface area (Å²) < 4.78 is 1.88. The van der Waals surface area contributed by atoms with Crippen LogP contribution in [0.5, 0.6) is 0 Å². The van der Waals surface area contributed by atoms with Crippen LogP contribution in [0.15, 0.2) is 36.7 Å². The van der Waals surface area contributed by atoms with Crippen molar-refractivity contribution in [3.8, 4) is 11.1 Å². The number of hydrogen-bond donors (Lipinski definition) is 0. The summed E-state index contributed by atoms with van der Waals surface area (Å²) in [4.78, 5) is 11.1. The van der Waals surface area contributed by atoms with Crippen molar-refractivity contribution in [1.29, 1.82) is 0 Å². The molecule has 0 atom stereocenters. The molecule has 0 fully saturated rings. The maximum absolute atomic E-state index is 11.1. The van der Waals surface area contributed by atoms with Gasteiger partial charge in [-0.1, -0.05) is 24.3 Å². The van der Waals surface area contributed by atoms with Gasteiger partial charge in [0.25, 0.3) is 0 Å². The van der Waals surface area contributed by atoms with Crippen LogP contribution in [0.3, 0.4) is 0 Å². The van der Waals surface area contributed by atoms with Crippen molar-refractivity contribution in [2.75, 3.05) is 0 Å². The van der Waals surface area contributed by atoms with E-state index in [0.717, 1.165) is 23.2 Å². The molecule has 0 saturated carbocycles. The van der Waals surface area contributed by atoms with Gasteiger partial charge in [-0.2, -0.15) is 5.10 Å². The Morgan fingerprint density at radius 1 is 1.25 bits per heavy atom. The predicted octanol–water partition coefficient (Wildman–Crippen LogP) is 2.77. The highest BCUT2D eigenvalue weighted by Crippen LogP contribution is 2.19. The number of carbonyl (C=O) groups is 1. The zero-order chi connectivity index (χ0) is 11.5. The van der Waals surface area contributed by atoms with Gasteiger partial charge < -0.3 is 0 Å². The second kappa shape index (κ2) is 4.31. The summed E-state index contributed by atoms with van der Waals surface area (Å²) in [6.07, 6.45) is 3.84. The van der Waals surface area contributed by atoms with Crippen molar-refractivity contribution >= 4 is 5.78 Å². The molecule has 0 aliphatic heterocycles. The minimum absolute atomic E-state index is 0.0933. The molecule has 0 amide bonds. The Morgan fingerprint density at radius 3 is 2.44 bits per heavy atom. The molecular formula is C13H14N2O. The van der Waals surface area contributed by atoms with Gasteiger partial charge in [0.15, 0.2) is 5.78 Å². The molecule has 0 bridgehead atoms. The van der Waals surface area contributed by atoms with Crippen LogP contribution in [0, 0.1) is 0 Å². The van der Waals surface area contributed by atoms with E-state index in [9.17, 15) is 4.79 Å². The van der Waals surface area contributed by atoms with Crippen LogP contribution in [0.4, 0.5) is 0 Å². The first-order valence-corrected chi connectivity index (χ1v) is 5.34. The van der Waals surface area contributed by atoms with Crippen LogP contribution in [0.2, 0.25) is 0 Å². The van der Waals surface area contributed by atoms with Gasteiger partial charge >= 0.3 is 0 Å². The van der Waals surface area contributed by atoms with E-state index >= 15 is 0 Å². The molecule has 2 rings (SSSR count). The molecule has 0 spiro atoms. The number of Topliss-reactive ketones (excluding diaryl/α,β-unsaturated/α-hetero) is 1. The van der Waals surface area contributed by atoms with Crippen LogP contribution in [-0.4, -0.2) is 15.6 Å². The van der Waals surface area contributed by atoms with E-state index in [0.29, 0.717) is 0 Å². The average molecular weight is 214 g/mol. The van der Waals surface area contributed by atoms with Crippen LogP contribution in [-0.2, 0) is 6.54 Å². The second-order valence-electron chi connectivity index (χ2n) is 3.72. The average Bonchev–Trinajstić information content (AvgIpc) is 2.77. The summed E-state index contributed by atoms with van der Waals surface area (Å²) in [6, 6.07) is 7.60. The Balaban J connectivity index is 2.30. The molecule has 0 radical (unpaired) electrons. The molecule has 0 unspecified atom stereocenters. The van der Waals surface area contributed by atoms with Gasteiger partial charge in [0.1, 0.15) is 0 Å². The Kier molecular flexibility index (Phi) is 2.86. The van der Waals surface area contributed by atoms with E-state index in [1.54, 1.807) is 6.92 Å². The largest absolute Gasteiger partial charge is 0.295 e. The molecule has 1 aromatic carbocycles. The van der Waals surface area contributed by atoms with Gasteiger partial charge in [-0.25, -0.2) is 0 Å². The maximum atomic E-state index is 11.1. The lowest BCUT2D eigenvalue weighted by atomic mass is 10.1. The Bertz CT molecular complexity index is 497. The maximum Gasteiger partial charge on any atom is 0.159 e. The highest BCUT2D eigenvalue weighted by Gasteiger charge is 2.02. The number of aryl methyl sites for hydroxylation is 1. The van der Waals surface area contributed by atoms with Crippen LogP contribution >= 0.6 is 0 Å². The lowest BCUT2D eigenvalue weighted by Crippen LogP contribution is -1.92. The first kappa shape index (κ1) is 10.6. The standard InChI is InChI=1S/C13H14N2O/c1-3-15-9-13(8-14-15)12-6-4-11(5-7-12)10(2)16/h4-9H,3H2,1-2H3. The highest BCUT2D eigenvalue weighted by molar-refractivity contribution is 5.94. The van der Waals surface area contributed by atoms with Crippen molar-refractivity contribution < 1.29 is 4.79 Å². The summed E-state index contributed by atoms with van der Waals surface area (Å²) in [7, 11) is 0. The Hall–Kier alpha value is -1.90. The van der Waals surface area contributed by atoms with Crippen molar-refractivity contribution in [3.63, 3.8) is 0 Å². The SMILES string of the molecule is CCn1cc(-c2ccc(C(C)=O)cc2)cn1. The van der Waals surface area contributed by atoms with Crippen molar-refractivity contribution in [2.45, 2.75) is 20.4 Å². The third-order valence-corrected chi connectivity index (χ3v) is 2.58. The summed E-state index contributed by atoms with van der Waals surface area (Å²) in [5.74, 6) is 0.0933. The number of aromatic nitrogens is 2. The number of benzene rings is 1. The fraction of sp³-hybridized carbons (Fsp3) is 0.231. The minimum atomic E-state index is 0.0933. The Morgan fingerprint density at radius 2 is 1.94 bits per heavy atom. The van der Waals surface area contributed by atoms with Gasteiger partial charge in [-0.3, -0.25) is 9.48 Å². The van der Waals surface area contributed by atoms with Gasteiger partial charge in [0, 0.05) is 23.9 Å². The van der Waals surface area contributed by atoms with Gasteiger partial charge in [-0.15, -0.1) is 0 Å². The summed E-state index contributed by atoms with van der Waals surface area (Å²) >= 11 is 0. The topological polar surface area (TPSA) is 34.9 Å². The van der Waals surface area contributed by atoms with Crippen LogP contribution in [0.1, 0.15) is 24.2 Å². The fourth-order valence-electron chi connectivity index (χ4n) is 1.58. The predicted molar refractivity (Wildman–Crippen MR) is 63.3 cm³/mol. The van der Waals surface area contributed by atoms with Crippen LogP contribution in [0.25, 0.3) is 11.1 Å². The zero-order valence-electron chi connectivity index (χ0n) is 9.47. The molecule has 1 heterocycles. The minimum Gasteiger partial charge on any atom is -0.295 e. The van der Waals surface area contributed by atoms with E-state index in [1.165, 1.54) is 0 Å². The number of carbonyl (C=O) groups excluding carboxylic acids is 1. The fourth-order valence-corrected chi connectivity index (χ4v) is 1.58. The van der Waals surface area contributed by atoms with E-state index in [-0.39, 0.29) is 5.78 Å². The molecule has 2 aromatic rings. The summed E-state index contributed by atoms with van der Waals surface area (Å²) in [5, 5.41) is 4.22. The first-order valence-electron chi connectivity index (χ1n) is 5.34. The lowest BCUT2D eigenvalue weighted by Gasteiger charge is -1.99. The van der Waals surface area contributed by atoms with Crippen molar-refractivity contribution in [2.24, 2.45) is 0 Å². The molecule has 16 heavy (non-hydrogen) atoms. The molecule has 0 aliphatic carbocycles. The zero-order valence-corrected chi connectivity index (χ0v) is 9.47. The summed E-state index contributed by atoms with van der Waals surface area (Å²) in [6.45, 7) is 4.49. The molecule has 0 saturated heterocycles. The monoisotopic (exact) mass is 214 g/mol. The van der Waals surface area contributed by atoms with E-state index in [4.69, 9.17) is 0 Å². The number of hydrogen-bond acceptors (Lipinski definition) is 2. The lowest BCUT2D eigenvalue weighted by molar-refractivity contribution is 0.101. The normalized spacial score (nSPS) is 10.4. The number of rotatable bonds is 3. The molecule has 1 aromatic heterocycles. The van der Waals surface area contributed by atoms with Crippen molar-refractivity contribution in [1.82, 2.24) is 9.78 Å². The molecule has 3 heteroatoms.